The summed E-state index contributed by atoms with van der Waals surface area (Å²) in [7, 11) is 0. The molecule has 0 amide bonds. The number of aliphatic hydroxyl groups excluding tert-OH is 2. The molecule has 0 saturated carbocycles. The summed E-state index contributed by atoms with van der Waals surface area (Å²) in [6.07, 6.45) is 0.467. The zero-order valence-electron chi connectivity index (χ0n) is 11.6. The first-order valence-corrected chi connectivity index (χ1v) is 7.27. The molecule has 21 heavy (non-hydrogen) atoms. The van der Waals surface area contributed by atoms with Gasteiger partial charge in [-0.05, 0) is 12.8 Å². The van der Waals surface area contributed by atoms with Crippen molar-refractivity contribution < 1.29 is 30.0 Å². The molecule has 0 aromatic rings. The molecule has 0 aliphatic heterocycles. The van der Waals surface area contributed by atoms with E-state index in [1.165, 1.54) is 0 Å². The van der Waals surface area contributed by atoms with Crippen molar-refractivity contribution in [1.82, 2.24) is 0 Å². The highest BCUT2D eigenvalue weighted by atomic mass is 35.5. The lowest BCUT2D eigenvalue weighted by Crippen LogP contribution is -2.25. The summed E-state index contributed by atoms with van der Waals surface area (Å²) in [5, 5.41) is 31.2. The second kappa shape index (κ2) is 14.9. The van der Waals surface area contributed by atoms with Crippen LogP contribution in [-0.2, 0) is 9.59 Å². The third-order valence-corrected chi connectivity index (χ3v) is 2.64. The summed E-state index contributed by atoms with van der Waals surface area (Å²) in [6, 6.07) is 0. The number of aliphatic carboxylic acids is 2. The predicted octanol–water partition coefficient (Wildman–Crippen LogP) is 2.32. The van der Waals surface area contributed by atoms with E-state index in [-0.39, 0.29) is 26.1 Å². The molecule has 0 spiro atoms. The van der Waals surface area contributed by atoms with Crippen LogP contribution in [0.25, 0.3) is 0 Å². The van der Waals surface area contributed by atoms with Crippen LogP contribution in [0, 0.1) is 0 Å². The average molecular weight is 390 g/mol. The number of carboxylic acid groups (broad SMARTS) is 2. The van der Waals surface area contributed by atoms with E-state index in [1.54, 1.807) is 0 Å². The Hall–Kier alpha value is 0.0200. The Kier molecular flexibility index (Phi) is 18.5. The third kappa shape index (κ3) is 33.1. The molecule has 0 radical (unpaired) electrons. The highest BCUT2D eigenvalue weighted by Crippen LogP contribution is 2.34. The summed E-state index contributed by atoms with van der Waals surface area (Å²) in [5.74, 6) is -1.67. The topological polar surface area (TPSA) is 115 Å². The largest absolute Gasteiger partial charge is 0.481 e. The zero-order valence-corrected chi connectivity index (χ0v) is 14.6. The zero-order chi connectivity index (χ0) is 17.6. The van der Waals surface area contributed by atoms with Crippen LogP contribution in [0.1, 0.15) is 26.7 Å². The molecule has 2 atom stereocenters. The van der Waals surface area contributed by atoms with E-state index in [9.17, 15) is 0 Å². The maximum absolute atomic E-state index is 9.00. The van der Waals surface area contributed by atoms with E-state index in [0.29, 0.717) is 0 Å². The lowest BCUT2D eigenvalue weighted by atomic mass is 10.1. The van der Waals surface area contributed by atoms with Gasteiger partial charge in [0.2, 0.25) is 0 Å². The van der Waals surface area contributed by atoms with Gasteiger partial charge < -0.3 is 20.4 Å². The number of carboxylic acids is 2. The number of aliphatic hydroxyl groups is 2. The highest BCUT2D eigenvalue weighted by Gasteiger charge is 2.29. The summed E-state index contributed by atoms with van der Waals surface area (Å²) >= 11 is 23.0. The minimum Gasteiger partial charge on any atom is -0.481 e. The van der Waals surface area contributed by atoms with E-state index >= 15 is 0 Å². The highest BCUT2D eigenvalue weighted by molar-refractivity contribution is 6.49. The summed E-state index contributed by atoms with van der Waals surface area (Å²) < 4.78 is -1.09. The van der Waals surface area contributed by atoms with Crippen molar-refractivity contribution in [2.24, 2.45) is 0 Å². The molecular weight excluding hydrogens is 370 g/mol. The minimum absolute atomic E-state index is 0.186. The van der Waals surface area contributed by atoms with Crippen LogP contribution in [0.5, 0.6) is 0 Å². The number of hydrogen-bond acceptors (Lipinski definition) is 4. The van der Waals surface area contributed by atoms with Gasteiger partial charge in [-0.1, -0.05) is 0 Å². The van der Waals surface area contributed by atoms with Crippen LogP contribution in [0.2, 0.25) is 0 Å². The van der Waals surface area contributed by atoms with Crippen LogP contribution in [0.3, 0.4) is 0 Å². The van der Waals surface area contributed by atoms with Crippen LogP contribution >= 0.6 is 46.4 Å². The van der Waals surface area contributed by atoms with E-state index in [2.05, 4.69) is 0 Å². The molecule has 0 bridgehead atoms. The first-order chi connectivity index (χ1) is 9.37. The molecule has 128 valence electrons. The SMILES string of the molecule is CC(=O)O.CC(=O)O.OCC(Cl)CC(Cl)(Cl)CC(Cl)CO. The fourth-order valence-electron chi connectivity index (χ4n) is 0.861. The van der Waals surface area contributed by atoms with Crippen molar-refractivity contribution in [3.05, 3.63) is 0 Å². The molecule has 0 aromatic carbocycles. The van der Waals surface area contributed by atoms with Crippen LogP contribution in [0.15, 0.2) is 0 Å². The summed E-state index contributed by atoms with van der Waals surface area (Å²) in [4.78, 5) is 18.0. The van der Waals surface area contributed by atoms with Crippen molar-refractivity contribution in [2.75, 3.05) is 13.2 Å². The number of halogens is 4. The molecular formula is C11H20Cl4O6. The first-order valence-electron chi connectivity index (χ1n) is 5.64. The predicted molar refractivity (Wildman–Crippen MR) is 83.7 cm³/mol. The quantitative estimate of drug-likeness (QED) is 0.518. The van der Waals surface area contributed by atoms with Crippen LogP contribution in [-0.4, -0.2) is 60.7 Å². The second-order valence-corrected chi connectivity index (χ2v) is 6.74. The van der Waals surface area contributed by atoms with Gasteiger partial charge in [0.25, 0.3) is 11.9 Å². The summed E-state index contributed by atoms with van der Waals surface area (Å²) in [5.41, 5.74) is 0. The van der Waals surface area contributed by atoms with Gasteiger partial charge in [0, 0.05) is 13.8 Å². The van der Waals surface area contributed by atoms with Crippen LogP contribution in [0.4, 0.5) is 0 Å². The lowest BCUT2D eigenvalue weighted by Gasteiger charge is -2.23. The Morgan fingerprint density at radius 1 is 0.905 bits per heavy atom. The number of rotatable bonds is 6. The van der Waals surface area contributed by atoms with Gasteiger partial charge in [0.1, 0.15) is 4.33 Å². The molecule has 10 heteroatoms. The molecule has 0 aliphatic carbocycles. The Morgan fingerprint density at radius 2 is 1.10 bits per heavy atom. The Bertz CT molecular complexity index is 254. The molecule has 0 aliphatic rings. The molecule has 0 aromatic heterocycles. The molecule has 4 N–H and O–H groups in total. The Labute approximate surface area is 143 Å². The van der Waals surface area contributed by atoms with Gasteiger partial charge >= 0.3 is 0 Å². The van der Waals surface area contributed by atoms with Crippen molar-refractivity contribution >= 4 is 58.3 Å². The fraction of sp³-hybridized carbons (Fsp3) is 0.818. The van der Waals surface area contributed by atoms with Crippen molar-refractivity contribution in [1.29, 1.82) is 0 Å². The van der Waals surface area contributed by atoms with Gasteiger partial charge in [0.05, 0.1) is 24.0 Å². The van der Waals surface area contributed by atoms with Crippen molar-refractivity contribution in [2.45, 2.75) is 41.8 Å². The van der Waals surface area contributed by atoms with Gasteiger partial charge in [0.15, 0.2) is 0 Å². The molecule has 0 fully saturated rings. The van der Waals surface area contributed by atoms with Crippen molar-refractivity contribution in [3.63, 3.8) is 0 Å². The standard InChI is InChI=1S/C7H12Cl4O2.2C2H4O2/c8-5(3-12)1-7(10,11)2-6(9)4-13;2*1-2(3)4/h5-6,12-13H,1-4H2;2*1H3,(H,3,4). The maximum atomic E-state index is 9.00. The van der Waals surface area contributed by atoms with Crippen molar-refractivity contribution in [3.8, 4) is 0 Å². The Morgan fingerprint density at radius 3 is 1.24 bits per heavy atom. The molecule has 2 unspecified atom stereocenters. The minimum atomic E-state index is -1.09. The third-order valence-electron chi connectivity index (χ3n) is 1.44. The van der Waals surface area contributed by atoms with E-state index in [0.717, 1.165) is 13.8 Å². The second-order valence-electron chi connectivity index (χ2n) is 3.86. The van der Waals surface area contributed by atoms with E-state index in [1.807, 2.05) is 0 Å². The molecule has 0 saturated heterocycles. The van der Waals surface area contributed by atoms with Gasteiger partial charge in [-0.2, -0.15) is 0 Å². The van der Waals surface area contributed by atoms with E-state index < -0.39 is 27.0 Å². The Balaban J connectivity index is -0.000000334. The van der Waals surface area contributed by atoms with Gasteiger partial charge in [-0.3, -0.25) is 9.59 Å². The number of carbonyl (C=O) groups is 2. The summed E-state index contributed by atoms with van der Waals surface area (Å²) in [6.45, 7) is 1.80. The number of alkyl halides is 4. The molecule has 6 nitrogen and oxygen atoms in total. The maximum Gasteiger partial charge on any atom is 0.300 e. The van der Waals surface area contributed by atoms with Crippen LogP contribution < -0.4 is 0 Å². The normalized spacial score (nSPS) is 13.0. The lowest BCUT2D eigenvalue weighted by molar-refractivity contribution is -0.135. The number of hydrogen-bond donors (Lipinski definition) is 4. The average Bonchev–Trinajstić information content (AvgIpc) is 2.25. The molecule has 0 heterocycles. The first kappa shape index (κ1) is 25.9. The van der Waals surface area contributed by atoms with Gasteiger partial charge in [-0.15, -0.1) is 46.4 Å². The van der Waals surface area contributed by atoms with E-state index in [4.69, 9.17) is 76.4 Å². The monoisotopic (exact) mass is 388 g/mol. The fourth-order valence-corrected chi connectivity index (χ4v) is 2.45. The van der Waals surface area contributed by atoms with Gasteiger partial charge in [-0.25, -0.2) is 0 Å². The smallest absolute Gasteiger partial charge is 0.300 e. The molecule has 0 rings (SSSR count).